The van der Waals surface area contributed by atoms with Crippen molar-refractivity contribution in [1.29, 1.82) is 0 Å². The Hall–Kier alpha value is -4.17. The number of carbonyl (C=O) groups excluding carboxylic acids is 2. The Balaban J connectivity index is 1.85. The molecule has 0 unspecified atom stereocenters. The van der Waals surface area contributed by atoms with Gasteiger partial charge >= 0.3 is 0 Å². The molecule has 1 aromatic heterocycles. The molecule has 3 aromatic carbocycles. The molecule has 0 radical (unpaired) electrons. The maximum atomic E-state index is 13.5. The van der Waals surface area contributed by atoms with Crippen molar-refractivity contribution in [2.75, 3.05) is 12.4 Å². The normalized spacial score (nSPS) is 11.4. The zero-order valence-corrected chi connectivity index (χ0v) is 17.9. The lowest BCUT2D eigenvalue weighted by molar-refractivity contribution is -0.255. The van der Waals surface area contributed by atoms with Gasteiger partial charge in [0, 0.05) is 11.1 Å². The molecule has 1 N–H and O–H groups in total. The molecule has 4 rings (SSSR count). The van der Waals surface area contributed by atoms with Crippen molar-refractivity contribution in [2.24, 2.45) is 4.99 Å². The molecule has 0 spiro atoms. The van der Waals surface area contributed by atoms with Gasteiger partial charge in [-0.1, -0.05) is 35.9 Å². The summed E-state index contributed by atoms with van der Waals surface area (Å²) in [5.74, 6) is -2.07. The number of carboxylic acid groups (broad SMARTS) is 1. The first-order valence-electron chi connectivity index (χ1n) is 9.59. The highest BCUT2D eigenvalue weighted by molar-refractivity contribution is 6.31. The van der Waals surface area contributed by atoms with Crippen molar-refractivity contribution in [3.63, 3.8) is 0 Å². The average Bonchev–Trinajstić information content (AvgIpc) is 2.81. The van der Waals surface area contributed by atoms with E-state index in [1.807, 2.05) is 0 Å². The predicted molar refractivity (Wildman–Crippen MR) is 118 cm³/mol. The van der Waals surface area contributed by atoms with Gasteiger partial charge in [-0.25, -0.2) is 9.38 Å². The molecule has 0 saturated heterocycles. The van der Waals surface area contributed by atoms with Gasteiger partial charge in [-0.05, 0) is 48.0 Å². The first-order valence-corrected chi connectivity index (χ1v) is 9.97. The number of carboxylic acids is 1. The number of hydrogen-bond donors (Lipinski definition) is 1. The van der Waals surface area contributed by atoms with Crippen molar-refractivity contribution in [3.05, 3.63) is 94.3 Å². The lowest BCUT2D eigenvalue weighted by Gasteiger charge is -2.09. The third kappa shape index (κ3) is 4.70. The van der Waals surface area contributed by atoms with Crippen LogP contribution in [0.5, 0.6) is 5.75 Å². The molecule has 0 atom stereocenters. The number of nitrogens with zero attached hydrogens (tertiary/aromatic N) is 1. The molecule has 166 valence electrons. The van der Waals surface area contributed by atoms with Crippen LogP contribution in [0, 0.1) is 5.82 Å². The van der Waals surface area contributed by atoms with E-state index in [1.54, 1.807) is 24.3 Å². The maximum absolute atomic E-state index is 13.5. The van der Waals surface area contributed by atoms with E-state index in [4.69, 9.17) is 20.8 Å². The number of rotatable bonds is 5. The number of benzene rings is 3. The van der Waals surface area contributed by atoms with Gasteiger partial charge in [0.1, 0.15) is 11.4 Å². The van der Waals surface area contributed by atoms with Crippen LogP contribution in [-0.4, -0.2) is 19.0 Å². The number of ether oxygens (including phenoxy) is 1. The van der Waals surface area contributed by atoms with Crippen molar-refractivity contribution in [2.45, 2.75) is 0 Å². The van der Waals surface area contributed by atoms with Gasteiger partial charge in [0.2, 0.25) is 5.55 Å². The smallest absolute Gasteiger partial charge is 0.261 e. The second-order valence-electron chi connectivity index (χ2n) is 6.87. The second-order valence-corrected chi connectivity index (χ2v) is 7.28. The Kier molecular flexibility index (Phi) is 6.10. The summed E-state index contributed by atoms with van der Waals surface area (Å²) < 4.78 is 24.7. The number of anilines is 1. The van der Waals surface area contributed by atoms with Crippen molar-refractivity contribution in [1.82, 2.24) is 0 Å². The maximum Gasteiger partial charge on any atom is 0.261 e. The number of hydrogen-bond acceptors (Lipinski definition) is 6. The second kappa shape index (κ2) is 9.13. The highest BCUT2D eigenvalue weighted by Crippen LogP contribution is 2.26. The molecule has 1 amide bonds. The van der Waals surface area contributed by atoms with E-state index >= 15 is 0 Å². The van der Waals surface area contributed by atoms with Gasteiger partial charge < -0.3 is 24.4 Å². The monoisotopic (exact) mass is 465 g/mol. The summed E-state index contributed by atoms with van der Waals surface area (Å²) in [6.07, 6.45) is 0. The summed E-state index contributed by atoms with van der Waals surface area (Å²) >= 11 is 5.80. The molecular formula is C24H15ClFN2O5-. The van der Waals surface area contributed by atoms with E-state index in [9.17, 15) is 19.1 Å². The fraction of sp³-hybridized carbons (Fsp3) is 0.0417. The molecule has 9 heteroatoms. The first kappa shape index (κ1) is 22.0. The molecule has 0 bridgehead atoms. The first-order chi connectivity index (χ1) is 15.9. The summed E-state index contributed by atoms with van der Waals surface area (Å²) in [4.78, 5) is 28.4. The lowest BCUT2D eigenvalue weighted by atomic mass is 10.1. The highest BCUT2D eigenvalue weighted by Gasteiger charge is 2.16. The Labute approximate surface area is 191 Å². The fourth-order valence-corrected chi connectivity index (χ4v) is 3.27. The minimum absolute atomic E-state index is 0.0165. The molecule has 0 aliphatic heterocycles. The molecular weight excluding hydrogens is 451 g/mol. The predicted octanol–water partition coefficient (Wildman–Crippen LogP) is 4.08. The van der Waals surface area contributed by atoms with Crippen LogP contribution in [-0.2, 0) is 0 Å². The fourth-order valence-electron chi connectivity index (χ4n) is 3.09. The lowest BCUT2D eigenvalue weighted by Crippen LogP contribution is -2.22. The Morgan fingerprint density at radius 1 is 1.09 bits per heavy atom. The number of halogens is 2. The van der Waals surface area contributed by atoms with E-state index in [1.165, 1.54) is 43.5 Å². The van der Waals surface area contributed by atoms with Gasteiger partial charge in [-0.3, -0.25) is 4.79 Å². The summed E-state index contributed by atoms with van der Waals surface area (Å²) in [5.41, 5.74) is 1.01. The number of para-hydroxylation sites is 1. The van der Waals surface area contributed by atoms with Crippen molar-refractivity contribution < 1.29 is 28.2 Å². The van der Waals surface area contributed by atoms with E-state index < -0.39 is 17.7 Å². The van der Waals surface area contributed by atoms with Crippen LogP contribution in [0.1, 0.15) is 20.7 Å². The molecule has 0 fully saturated rings. The highest BCUT2D eigenvalue weighted by atomic mass is 35.5. The van der Waals surface area contributed by atoms with E-state index in [2.05, 4.69) is 10.3 Å². The summed E-state index contributed by atoms with van der Waals surface area (Å²) in [6.45, 7) is 0. The minimum atomic E-state index is -1.32. The third-order valence-electron chi connectivity index (χ3n) is 4.71. The SMILES string of the molecule is COc1cccc2cc(C(=O)Nc3ccc(F)c(Cl)c3)c(=Nc3ccc(C(=O)[O-])cc3)oc12. The number of nitrogens with one attached hydrogen (secondary N) is 1. The van der Waals surface area contributed by atoms with Crippen LogP contribution in [0.2, 0.25) is 5.02 Å². The Morgan fingerprint density at radius 2 is 1.85 bits per heavy atom. The van der Waals surface area contributed by atoms with Crippen LogP contribution in [0.15, 0.2) is 76.1 Å². The van der Waals surface area contributed by atoms with Crippen LogP contribution < -0.4 is 20.7 Å². The Bertz CT molecular complexity index is 1450. The van der Waals surface area contributed by atoms with E-state index in [0.717, 1.165) is 6.07 Å². The zero-order chi connectivity index (χ0) is 23.5. The average molecular weight is 466 g/mol. The van der Waals surface area contributed by atoms with Crippen molar-refractivity contribution in [3.8, 4) is 5.75 Å². The summed E-state index contributed by atoms with van der Waals surface area (Å²) in [7, 11) is 1.48. The topological polar surface area (TPSA) is 104 Å². The van der Waals surface area contributed by atoms with Crippen LogP contribution in [0.25, 0.3) is 11.0 Å². The Morgan fingerprint density at radius 3 is 2.52 bits per heavy atom. The van der Waals surface area contributed by atoms with E-state index in [-0.39, 0.29) is 27.4 Å². The zero-order valence-electron chi connectivity index (χ0n) is 17.1. The third-order valence-corrected chi connectivity index (χ3v) is 5.00. The van der Waals surface area contributed by atoms with Gasteiger partial charge in [0.25, 0.3) is 5.91 Å². The summed E-state index contributed by atoms with van der Waals surface area (Å²) in [5, 5.41) is 14.1. The number of amides is 1. The largest absolute Gasteiger partial charge is 0.545 e. The van der Waals surface area contributed by atoms with E-state index in [0.29, 0.717) is 22.4 Å². The van der Waals surface area contributed by atoms with Gasteiger partial charge in [0.05, 0.1) is 23.8 Å². The van der Waals surface area contributed by atoms with Crippen LogP contribution in [0.3, 0.4) is 0 Å². The summed E-state index contributed by atoms with van der Waals surface area (Å²) in [6, 6.07) is 16.1. The van der Waals surface area contributed by atoms with Gasteiger partial charge in [-0.15, -0.1) is 0 Å². The molecule has 1 heterocycles. The number of carbonyl (C=O) groups is 2. The van der Waals surface area contributed by atoms with Gasteiger partial charge in [-0.2, -0.15) is 0 Å². The van der Waals surface area contributed by atoms with Crippen LogP contribution in [0.4, 0.5) is 15.8 Å². The quantitative estimate of drug-likeness (QED) is 0.478. The minimum Gasteiger partial charge on any atom is -0.545 e. The molecule has 4 aromatic rings. The molecule has 0 saturated carbocycles. The number of fused-ring (bicyclic) bond motifs is 1. The molecule has 0 aliphatic rings. The molecule has 7 nitrogen and oxygen atoms in total. The molecule has 33 heavy (non-hydrogen) atoms. The number of methoxy groups -OCH3 is 1. The number of aromatic carboxylic acids is 1. The van der Waals surface area contributed by atoms with Gasteiger partial charge in [0.15, 0.2) is 11.3 Å². The molecule has 0 aliphatic carbocycles. The standard InChI is InChI=1S/C24H16ClFN2O5/c1-32-20-4-2-3-14-11-17(22(29)27-16-9-10-19(26)18(25)12-16)23(33-21(14)20)28-15-7-5-13(6-8-15)24(30)31/h2-12H,1H3,(H,27,29)(H,30,31)/p-1. The van der Waals surface area contributed by atoms with Crippen molar-refractivity contribution >= 4 is 45.8 Å². The van der Waals surface area contributed by atoms with Crippen LogP contribution >= 0.6 is 11.6 Å².